The summed E-state index contributed by atoms with van der Waals surface area (Å²) >= 11 is 1.43. The van der Waals surface area contributed by atoms with Crippen LogP contribution in [0.5, 0.6) is 0 Å². The molecule has 0 radical (unpaired) electrons. The van der Waals surface area contributed by atoms with Gasteiger partial charge in [-0.15, -0.1) is 0 Å². The molecule has 4 rings (SSSR count). The standard InChI is InChI=1S/C19H13F2N3O2S2/c1-11-9-12(18-23-16-3-2-8-22-19(16)27-18)4-6-15(11)24-28(25,26)17-7-5-13(20)10-14(17)21/h2-10,24H,1H3. The van der Waals surface area contributed by atoms with E-state index >= 15 is 0 Å². The third-order valence-corrected chi connectivity index (χ3v) is 6.49. The molecule has 0 aliphatic rings. The molecule has 0 saturated heterocycles. The molecular formula is C19H13F2N3O2S2. The van der Waals surface area contributed by atoms with Gasteiger partial charge in [-0.3, -0.25) is 4.72 Å². The second-order valence-electron chi connectivity index (χ2n) is 6.06. The van der Waals surface area contributed by atoms with E-state index in [4.69, 9.17) is 0 Å². The Morgan fingerprint density at radius 2 is 1.89 bits per heavy atom. The zero-order valence-electron chi connectivity index (χ0n) is 14.5. The highest BCUT2D eigenvalue weighted by atomic mass is 32.2. The van der Waals surface area contributed by atoms with Crippen LogP contribution in [0.4, 0.5) is 14.5 Å². The van der Waals surface area contributed by atoms with E-state index < -0.39 is 26.6 Å². The summed E-state index contributed by atoms with van der Waals surface area (Å²) in [6, 6.07) is 11.1. The molecule has 5 nitrogen and oxygen atoms in total. The van der Waals surface area contributed by atoms with Crippen molar-refractivity contribution in [3.63, 3.8) is 0 Å². The quantitative estimate of drug-likeness (QED) is 0.520. The van der Waals surface area contributed by atoms with Gasteiger partial charge in [0, 0.05) is 17.8 Å². The van der Waals surface area contributed by atoms with Crippen molar-refractivity contribution in [2.75, 3.05) is 4.72 Å². The van der Waals surface area contributed by atoms with Gasteiger partial charge in [0.05, 0.1) is 5.69 Å². The van der Waals surface area contributed by atoms with Crippen LogP contribution in [0.25, 0.3) is 20.9 Å². The summed E-state index contributed by atoms with van der Waals surface area (Å²) in [5.41, 5.74) is 2.54. The van der Waals surface area contributed by atoms with E-state index in [2.05, 4.69) is 14.7 Å². The number of benzene rings is 2. The number of rotatable bonds is 4. The molecule has 2 aromatic heterocycles. The Balaban J connectivity index is 1.66. The highest BCUT2D eigenvalue weighted by molar-refractivity contribution is 7.92. The Hall–Kier alpha value is -2.91. The molecule has 0 spiro atoms. The number of halogens is 2. The van der Waals surface area contributed by atoms with Crippen molar-refractivity contribution < 1.29 is 17.2 Å². The average Bonchev–Trinajstić information content (AvgIpc) is 3.07. The van der Waals surface area contributed by atoms with Gasteiger partial charge in [-0.05, 0) is 55.0 Å². The number of fused-ring (bicyclic) bond motifs is 1. The summed E-state index contributed by atoms with van der Waals surface area (Å²) in [6.45, 7) is 1.73. The van der Waals surface area contributed by atoms with Crippen LogP contribution in [0.2, 0.25) is 0 Å². The second kappa shape index (κ2) is 6.92. The number of hydrogen-bond acceptors (Lipinski definition) is 5. The smallest absolute Gasteiger partial charge is 0.264 e. The minimum atomic E-state index is -4.20. The van der Waals surface area contributed by atoms with Gasteiger partial charge < -0.3 is 0 Å². The predicted octanol–water partition coefficient (Wildman–Crippen LogP) is 4.75. The number of nitrogens with zero attached hydrogens (tertiary/aromatic N) is 2. The lowest BCUT2D eigenvalue weighted by atomic mass is 10.1. The van der Waals surface area contributed by atoms with Gasteiger partial charge >= 0.3 is 0 Å². The molecule has 0 aliphatic carbocycles. The zero-order valence-corrected chi connectivity index (χ0v) is 16.1. The van der Waals surface area contributed by atoms with Gasteiger partial charge in [0.25, 0.3) is 10.0 Å². The lowest BCUT2D eigenvalue weighted by Crippen LogP contribution is -2.15. The van der Waals surface area contributed by atoms with Gasteiger partial charge in [0.1, 0.15) is 31.9 Å². The maximum absolute atomic E-state index is 13.9. The number of aromatic nitrogens is 2. The Kier molecular flexibility index (Phi) is 4.56. The maximum Gasteiger partial charge on any atom is 0.264 e. The molecule has 0 fully saturated rings. The lowest BCUT2D eigenvalue weighted by molar-refractivity contribution is 0.551. The molecule has 2 heterocycles. The van der Waals surface area contributed by atoms with Crippen molar-refractivity contribution in [1.82, 2.24) is 9.97 Å². The summed E-state index contributed by atoms with van der Waals surface area (Å²) in [7, 11) is -4.20. The minimum Gasteiger partial charge on any atom is -0.279 e. The van der Waals surface area contributed by atoms with Crippen LogP contribution in [-0.2, 0) is 10.0 Å². The van der Waals surface area contributed by atoms with Crippen molar-refractivity contribution in [2.24, 2.45) is 0 Å². The van der Waals surface area contributed by atoms with Crippen LogP contribution in [-0.4, -0.2) is 18.4 Å². The molecule has 9 heteroatoms. The average molecular weight is 417 g/mol. The monoisotopic (exact) mass is 417 g/mol. The molecule has 28 heavy (non-hydrogen) atoms. The fourth-order valence-electron chi connectivity index (χ4n) is 2.70. The molecule has 0 saturated carbocycles. The second-order valence-corrected chi connectivity index (χ2v) is 8.68. The predicted molar refractivity (Wildman–Crippen MR) is 105 cm³/mol. The Bertz CT molecular complexity index is 1270. The molecule has 0 atom stereocenters. The summed E-state index contributed by atoms with van der Waals surface area (Å²) in [5.74, 6) is -1.99. The Morgan fingerprint density at radius 1 is 1.07 bits per heavy atom. The molecule has 142 valence electrons. The Labute approximate surface area is 163 Å². The van der Waals surface area contributed by atoms with Crippen LogP contribution < -0.4 is 4.72 Å². The summed E-state index contributed by atoms with van der Waals surface area (Å²) in [6.07, 6.45) is 1.70. The van der Waals surface area contributed by atoms with Crippen LogP contribution in [0.15, 0.2) is 59.6 Å². The van der Waals surface area contributed by atoms with Crippen molar-refractivity contribution in [3.05, 3.63) is 71.9 Å². The van der Waals surface area contributed by atoms with Gasteiger partial charge in [0.15, 0.2) is 0 Å². The van der Waals surface area contributed by atoms with Crippen LogP contribution >= 0.6 is 11.3 Å². The van der Waals surface area contributed by atoms with Crippen molar-refractivity contribution in [1.29, 1.82) is 0 Å². The summed E-state index contributed by atoms with van der Waals surface area (Å²) < 4.78 is 54.2. The van der Waals surface area contributed by atoms with E-state index in [-0.39, 0.29) is 0 Å². The largest absolute Gasteiger partial charge is 0.279 e. The summed E-state index contributed by atoms with van der Waals surface area (Å²) in [5, 5.41) is 0.760. The third-order valence-electron chi connectivity index (χ3n) is 4.07. The number of pyridine rings is 1. The fraction of sp³-hybridized carbons (Fsp3) is 0.0526. The molecule has 0 aliphatic heterocycles. The number of sulfonamides is 1. The molecule has 0 amide bonds. The molecule has 4 aromatic rings. The van der Waals surface area contributed by atoms with Crippen molar-refractivity contribution in [2.45, 2.75) is 11.8 Å². The number of anilines is 1. The first-order valence-electron chi connectivity index (χ1n) is 8.14. The first kappa shape index (κ1) is 18.5. The normalized spacial score (nSPS) is 11.7. The third kappa shape index (κ3) is 3.46. The number of hydrogen-bond donors (Lipinski definition) is 1. The molecule has 1 N–H and O–H groups in total. The zero-order chi connectivity index (χ0) is 19.9. The van der Waals surface area contributed by atoms with Crippen molar-refractivity contribution in [3.8, 4) is 10.6 Å². The van der Waals surface area contributed by atoms with Gasteiger partial charge in [0.2, 0.25) is 0 Å². The first-order valence-corrected chi connectivity index (χ1v) is 10.4. The van der Waals surface area contributed by atoms with E-state index in [1.807, 2.05) is 12.1 Å². The minimum absolute atomic E-state index is 0.298. The van der Waals surface area contributed by atoms with Crippen molar-refractivity contribution >= 4 is 37.4 Å². The van der Waals surface area contributed by atoms with E-state index in [0.29, 0.717) is 17.3 Å². The van der Waals surface area contributed by atoms with E-state index in [1.165, 1.54) is 11.3 Å². The fourth-order valence-corrected chi connectivity index (χ4v) is 4.79. The first-order chi connectivity index (χ1) is 13.3. The van der Waals surface area contributed by atoms with Gasteiger partial charge in [-0.2, -0.15) is 0 Å². The number of nitrogens with one attached hydrogen (secondary N) is 1. The molecule has 2 aromatic carbocycles. The van der Waals surface area contributed by atoms with E-state index in [0.717, 1.165) is 33.1 Å². The number of thiazole rings is 1. The van der Waals surface area contributed by atoms with Gasteiger partial charge in [-0.1, -0.05) is 11.3 Å². The maximum atomic E-state index is 13.9. The van der Waals surface area contributed by atoms with E-state index in [1.54, 1.807) is 31.3 Å². The Morgan fingerprint density at radius 3 is 2.61 bits per heavy atom. The molecule has 0 bridgehead atoms. The van der Waals surface area contributed by atoms with E-state index in [9.17, 15) is 17.2 Å². The van der Waals surface area contributed by atoms with Crippen LogP contribution in [0.1, 0.15) is 5.56 Å². The summed E-state index contributed by atoms with van der Waals surface area (Å²) in [4.78, 5) is 8.99. The highest BCUT2D eigenvalue weighted by Gasteiger charge is 2.20. The molecular weight excluding hydrogens is 404 g/mol. The van der Waals surface area contributed by atoms with Crippen LogP contribution in [0, 0.1) is 18.6 Å². The van der Waals surface area contributed by atoms with Gasteiger partial charge in [-0.25, -0.2) is 27.2 Å². The highest BCUT2D eigenvalue weighted by Crippen LogP contribution is 2.31. The SMILES string of the molecule is Cc1cc(-c2nc3cccnc3s2)ccc1NS(=O)(=O)c1ccc(F)cc1F. The van der Waals surface area contributed by atoms with Crippen LogP contribution in [0.3, 0.4) is 0 Å². The number of aryl methyl sites for hydroxylation is 1. The topological polar surface area (TPSA) is 72.0 Å². The molecule has 0 unspecified atom stereocenters. The lowest BCUT2D eigenvalue weighted by Gasteiger charge is -2.12.